The lowest BCUT2D eigenvalue weighted by atomic mass is 9.97. The maximum Gasteiger partial charge on any atom is 0.306 e. The van der Waals surface area contributed by atoms with Crippen molar-refractivity contribution in [2.75, 3.05) is 31.1 Å². The Bertz CT molecular complexity index is 426. The van der Waals surface area contributed by atoms with Crippen molar-refractivity contribution in [3.8, 4) is 0 Å². The van der Waals surface area contributed by atoms with Crippen LogP contribution in [-0.4, -0.2) is 61.4 Å². The van der Waals surface area contributed by atoms with Crippen LogP contribution in [0.15, 0.2) is 0 Å². The number of primary amides is 1. The average Bonchev–Trinajstić information content (AvgIpc) is 2.35. The molecule has 1 heterocycles. The van der Waals surface area contributed by atoms with E-state index in [2.05, 4.69) is 0 Å². The minimum Gasteiger partial charge on any atom is -0.481 e. The Balaban J connectivity index is 2.30. The zero-order valence-corrected chi connectivity index (χ0v) is 11.6. The molecule has 0 unspecified atom stereocenters. The van der Waals surface area contributed by atoms with Gasteiger partial charge in [0.1, 0.15) is 0 Å². The van der Waals surface area contributed by atoms with Crippen LogP contribution in [0.3, 0.4) is 0 Å². The van der Waals surface area contributed by atoms with Gasteiger partial charge in [-0.3, -0.25) is 9.59 Å². The Morgan fingerprint density at radius 3 is 2.26 bits per heavy atom. The third kappa shape index (κ3) is 6.02. The highest BCUT2D eigenvalue weighted by atomic mass is 32.2. The maximum atomic E-state index is 11.6. The molecule has 0 aromatic heterocycles. The highest BCUT2D eigenvalue weighted by Crippen LogP contribution is 2.17. The van der Waals surface area contributed by atoms with Crippen LogP contribution in [0.25, 0.3) is 0 Å². The third-order valence-corrected chi connectivity index (χ3v) is 4.95. The second-order valence-corrected chi connectivity index (χ2v) is 7.13. The van der Waals surface area contributed by atoms with E-state index in [0.717, 1.165) is 0 Å². The predicted molar refractivity (Wildman–Crippen MR) is 69.3 cm³/mol. The number of aliphatic carboxylic acids is 1. The van der Waals surface area contributed by atoms with Gasteiger partial charge in [0.25, 0.3) is 0 Å². The molecule has 0 atom stereocenters. The number of nitrogens with zero attached hydrogens (tertiary/aromatic N) is 1. The zero-order chi connectivity index (χ0) is 14.5. The summed E-state index contributed by atoms with van der Waals surface area (Å²) in [6, 6.07) is 0. The normalized spacial score (nSPS) is 18.3. The van der Waals surface area contributed by atoms with Gasteiger partial charge in [0, 0.05) is 13.0 Å². The van der Waals surface area contributed by atoms with E-state index in [4.69, 9.17) is 10.8 Å². The molecule has 0 aliphatic carbocycles. The first-order valence-electron chi connectivity index (χ1n) is 6.24. The summed E-state index contributed by atoms with van der Waals surface area (Å²) in [5.74, 6) is -1.95. The summed E-state index contributed by atoms with van der Waals surface area (Å²) in [5, 5.41) is 8.85. The van der Waals surface area contributed by atoms with Crippen LogP contribution in [0.2, 0.25) is 0 Å². The van der Waals surface area contributed by atoms with Crippen molar-refractivity contribution in [3.05, 3.63) is 0 Å². The van der Waals surface area contributed by atoms with Gasteiger partial charge in [-0.15, -0.1) is 0 Å². The van der Waals surface area contributed by atoms with Gasteiger partial charge in [-0.1, -0.05) is 0 Å². The summed E-state index contributed by atoms with van der Waals surface area (Å²) in [7, 11) is -3.26. The van der Waals surface area contributed by atoms with Crippen molar-refractivity contribution >= 4 is 21.7 Å². The summed E-state index contributed by atoms with van der Waals surface area (Å²) in [6.07, 6.45) is 0.955. The molecule has 0 radical (unpaired) electrons. The molecule has 0 saturated carbocycles. The maximum absolute atomic E-state index is 11.6. The molecule has 0 spiro atoms. The van der Waals surface area contributed by atoms with E-state index in [1.807, 2.05) is 4.90 Å². The molecule has 1 fully saturated rings. The predicted octanol–water partition coefficient (Wildman–Crippen LogP) is -0.927. The first-order valence-corrected chi connectivity index (χ1v) is 8.06. The number of hydrogen-bond donors (Lipinski definition) is 2. The van der Waals surface area contributed by atoms with E-state index in [-0.39, 0.29) is 23.8 Å². The largest absolute Gasteiger partial charge is 0.481 e. The molecule has 1 amide bonds. The fourth-order valence-electron chi connectivity index (χ4n) is 2.03. The van der Waals surface area contributed by atoms with Crippen molar-refractivity contribution in [1.82, 2.24) is 4.90 Å². The van der Waals surface area contributed by atoms with Gasteiger partial charge in [0.2, 0.25) is 5.91 Å². The first-order chi connectivity index (χ1) is 8.80. The van der Waals surface area contributed by atoms with Crippen LogP contribution in [0.5, 0.6) is 0 Å². The summed E-state index contributed by atoms with van der Waals surface area (Å²) >= 11 is 0. The number of likely N-dealkylation sites (tertiary alicyclic amines) is 1. The number of carbonyl (C=O) groups excluding carboxylic acids is 1. The van der Waals surface area contributed by atoms with Crippen LogP contribution >= 0.6 is 0 Å². The highest BCUT2D eigenvalue weighted by molar-refractivity contribution is 7.91. The first kappa shape index (κ1) is 15.9. The van der Waals surface area contributed by atoms with Gasteiger partial charge in [-0.25, -0.2) is 8.42 Å². The molecule has 1 rings (SSSR count). The molecule has 3 N–H and O–H groups in total. The number of nitrogens with two attached hydrogens (primary N) is 1. The molecule has 0 aromatic carbocycles. The minimum atomic E-state index is -3.26. The van der Waals surface area contributed by atoms with Crippen LogP contribution in [-0.2, 0) is 19.4 Å². The smallest absolute Gasteiger partial charge is 0.306 e. The van der Waals surface area contributed by atoms with E-state index < -0.39 is 21.7 Å². The Kier molecular flexibility index (Phi) is 5.74. The molecule has 1 aliphatic rings. The van der Waals surface area contributed by atoms with Gasteiger partial charge >= 0.3 is 5.97 Å². The lowest BCUT2D eigenvalue weighted by Crippen LogP contribution is -2.39. The molecule has 1 saturated heterocycles. The number of carboxylic acids is 1. The zero-order valence-electron chi connectivity index (χ0n) is 10.7. The van der Waals surface area contributed by atoms with E-state index in [9.17, 15) is 18.0 Å². The molecule has 8 heteroatoms. The van der Waals surface area contributed by atoms with E-state index in [1.54, 1.807) is 0 Å². The SMILES string of the molecule is NC(=O)CCS(=O)(=O)CCN1CCC(C(=O)O)CC1. The summed E-state index contributed by atoms with van der Waals surface area (Å²) in [4.78, 5) is 23.3. The Labute approximate surface area is 112 Å². The summed E-state index contributed by atoms with van der Waals surface area (Å²) in [6.45, 7) is 1.58. The molecule has 0 aromatic rings. The van der Waals surface area contributed by atoms with Crippen molar-refractivity contribution in [1.29, 1.82) is 0 Å². The lowest BCUT2D eigenvalue weighted by molar-refractivity contribution is -0.143. The number of piperidine rings is 1. The van der Waals surface area contributed by atoms with E-state index in [0.29, 0.717) is 32.5 Å². The minimum absolute atomic E-state index is 0.0159. The summed E-state index contributed by atoms with van der Waals surface area (Å²) in [5.41, 5.74) is 4.91. The standard InChI is InChI=1S/C11H20N2O5S/c12-10(14)3-7-19(17,18)8-6-13-4-1-9(2-5-13)11(15)16/h9H,1-8H2,(H2,12,14)(H,15,16). The molecular weight excluding hydrogens is 272 g/mol. The molecule has 110 valence electrons. The quantitative estimate of drug-likeness (QED) is 0.626. The van der Waals surface area contributed by atoms with Crippen molar-refractivity contribution < 1.29 is 23.1 Å². The fraction of sp³-hybridized carbons (Fsp3) is 0.818. The number of carbonyl (C=O) groups is 2. The average molecular weight is 292 g/mol. The van der Waals surface area contributed by atoms with Gasteiger partial charge in [-0.05, 0) is 25.9 Å². The van der Waals surface area contributed by atoms with Crippen molar-refractivity contribution in [2.24, 2.45) is 11.7 Å². The van der Waals surface area contributed by atoms with Crippen LogP contribution in [0.1, 0.15) is 19.3 Å². The lowest BCUT2D eigenvalue weighted by Gasteiger charge is -2.29. The van der Waals surface area contributed by atoms with Gasteiger partial charge < -0.3 is 15.7 Å². The third-order valence-electron chi connectivity index (χ3n) is 3.31. The highest BCUT2D eigenvalue weighted by Gasteiger charge is 2.25. The number of sulfone groups is 1. The van der Waals surface area contributed by atoms with E-state index >= 15 is 0 Å². The molecule has 0 bridgehead atoms. The van der Waals surface area contributed by atoms with Crippen LogP contribution in [0, 0.1) is 5.92 Å². The summed E-state index contributed by atoms with van der Waals surface area (Å²) < 4.78 is 23.2. The number of hydrogen-bond acceptors (Lipinski definition) is 5. The number of rotatable bonds is 7. The molecule has 7 nitrogen and oxygen atoms in total. The Morgan fingerprint density at radius 1 is 1.21 bits per heavy atom. The van der Waals surface area contributed by atoms with Crippen LogP contribution < -0.4 is 5.73 Å². The Hall–Kier alpha value is -1.15. The van der Waals surface area contributed by atoms with Crippen molar-refractivity contribution in [3.63, 3.8) is 0 Å². The van der Waals surface area contributed by atoms with Gasteiger partial charge in [-0.2, -0.15) is 0 Å². The number of carboxylic acid groups (broad SMARTS) is 1. The number of amides is 1. The monoisotopic (exact) mass is 292 g/mol. The second-order valence-electron chi connectivity index (χ2n) is 4.82. The topological polar surface area (TPSA) is 118 Å². The van der Waals surface area contributed by atoms with Crippen molar-refractivity contribution in [2.45, 2.75) is 19.3 Å². The van der Waals surface area contributed by atoms with Crippen LogP contribution in [0.4, 0.5) is 0 Å². The van der Waals surface area contributed by atoms with E-state index in [1.165, 1.54) is 0 Å². The molecule has 1 aliphatic heterocycles. The van der Waals surface area contributed by atoms with Gasteiger partial charge in [0.05, 0.1) is 17.4 Å². The Morgan fingerprint density at radius 2 is 1.79 bits per heavy atom. The molecule has 19 heavy (non-hydrogen) atoms. The van der Waals surface area contributed by atoms with Gasteiger partial charge in [0.15, 0.2) is 9.84 Å². The molecular formula is C11H20N2O5S. The second kappa shape index (κ2) is 6.85. The fourth-order valence-corrected chi connectivity index (χ4v) is 3.28.